The van der Waals surface area contributed by atoms with Crippen LogP contribution in [0.3, 0.4) is 0 Å². The van der Waals surface area contributed by atoms with Crippen molar-refractivity contribution in [3.05, 3.63) is 89.2 Å². The number of anilines is 1. The second-order valence-corrected chi connectivity index (χ2v) is 12.9. The molecule has 1 amide bonds. The second-order valence-electron chi connectivity index (χ2n) is 12.9. The maximum atomic E-state index is 14.3. The van der Waals surface area contributed by atoms with E-state index in [0.29, 0.717) is 36.4 Å². The van der Waals surface area contributed by atoms with Crippen LogP contribution in [0.4, 0.5) is 18.9 Å². The molecular formula is C36H41F3N4O3. The van der Waals surface area contributed by atoms with Crippen LogP contribution in [0.25, 0.3) is 0 Å². The van der Waals surface area contributed by atoms with E-state index in [-0.39, 0.29) is 29.7 Å². The van der Waals surface area contributed by atoms with E-state index in [1.807, 2.05) is 61.6 Å². The van der Waals surface area contributed by atoms with Gasteiger partial charge >= 0.3 is 6.18 Å². The minimum absolute atomic E-state index is 0.00671. The molecule has 2 fully saturated rings. The summed E-state index contributed by atoms with van der Waals surface area (Å²) in [6, 6.07) is 10.8. The number of aliphatic imine (C=N–C) groups is 1. The number of nitrogens with two attached hydrogens (primary N) is 1. The monoisotopic (exact) mass is 634 g/mol. The molecule has 46 heavy (non-hydrogen) atoms. The number of carbonyl (C=O) groups excluding carboxylic acids is 1. The lowest BCUT2D eigenvalue weighted by molar-refractivity contribution is -0.126. The van der Waals surface area contributed by atoms with E-state index in [1.165, 1.54) is 0 Å². The number of hydrogen-bond donors (Lipinski definition) is 1. The number of ether oxygens (including phenoxy) is 2. The van der Waals surface area contributed by atoms with Gasteiger partial charge in [-0.1, -0.05) is 49.8 Å². The van der Waals surface area contributed by atoms with Crippen LogP contribution >= 0.6 is 0 Å². The lowest BCUT2D eigenvalue weighted by atomic mass is 9.65. The molecule has 1 spiro atoms. The average Bonchev–Trinajstić information content (AvgIpc) is 3.26. The number of amides is 1. The largest absolute Gasteiger partial charge is 0.497 e. The summed E-state index contributed by atoms with van der Waals surface area (Å²) in [5.74, 6) is 1.18. The molecule has 244 valence electrons. The van der Waals surface area contributed by atoms with Crippen LogP contribution in [0.5, 0.6) is 11.5 Å². The molecule has 7 nitrogen and oxygen atoms in total. The fourth-order valence-electron chi connectivity index (χ4n) is 6.78. The number of halogens is 3. The fraction of sp³-hybridized carbons (Fsp3) is 0.444. The summed E-state index contributed by atoms with van der Waals surface area (Å²) in [5, 5.41) is 0. The topological polar surface area (TPSA) is 80.4 Å². The Labute approximate surface area is 268 Å². The van der Waals surface area contributed by atoms with Gasteiger partial charge in [0.25, 0.3) is 0 Å². The standard InChI is InChI=1S/C36H41F3N4O3/c1-23-7-4-5-8-29(23)41-30(21-32(40)36(37,38)39)25-19-28-33(31(20-25)46-27-13-17-42(2)18-14-27)43(34(44)35(28)15-6-16-35)22-24-9-11-26(45-3)12-10-24/h4-5,7-12,19-21,23,27,29H,6,13-18,22,40H2,1-3H3. The first kappa shape index (κ1) is 31.9. The Kier molecular flexibility index (Phi) is 8.76. The molecule has 2 aliphatic heterocycles. The molecule has 1 saturated carbocycles. The summed E-state index contributed by atoms with van der Waals surface area (Å²) >= 11 is 0. The summed E-state index contributed by atoms with van der Waals surface area (Å²) < 4.78 is 53.5. The van der Waals surface area contributed by atoms with Gasteiger partial charge in [-0.2, -0.15) is 13.2 Å². The third-order valence-electron chi connectivity index (χ3n) is 9.76. The van der Waals surface area contributed by atoms with Crippen molar-refractivity contribution in [2.75, 3.05) is 32.1 Å². The van der Waals surface area contributed by atoms with Gasteiger partial charge in [0.15, 0.2) is 0 Å². The predicted octanol–water partition coefficient (Wildman–Crippen LogP) is 6.46. The molecule has 2 atom stereocenters. The van der Waals surface area contributed by atoms with E-state index in [1.54, 1.807) is 18.1 Å². The molecule has 2 unspecified atom stereocenters. The van der Waals surface area contributed by atoms with Gasteiger partial charge in [-0.25, -0.2) is 0 Å². The van der Waals surface area contributed by atoms with E-state index in [2.05, 4.69) is 11.9 Å². The van der Waals surface area contributed by atoms with Crippen LogP contribution in [-0.2, 0) is 16.8 Å². The van der Waals surface area contributed by atoms with Crippen LogP contribution in [0, 0.1) is 5.92 Å². The number of rotatable bonds is 8. The van der Waals surface area contributed by atoms with Crippen LogP contribution in [0.2, 0.25) is 0 Å². The third-order valence-corrected chi connectivity index (χ3v) is 9.76. The number of alkyl halides is 3. The zero-order valence-electron chi connectivity index (χ0n) is 26.5. The van der Waals surface area contributed by atoms with Crippen molar-refractivity contribution in [1.29, 1.82) is 0 Å². The molecule has 1 saturated heterocycles. The molecule has 0 bridgehead atoms. The van der Waals surface area contributed by atoms with E-state index in [0.717, 1.165) is 55.3 Å². The summed E-state index contributed by atoms with van der Waals surface area (Å²) in [6.45, 7) is 4.03. The van der Waals surface area contributed by atoms with Gasteiger partial charge in [0.2, 0.25) is 5.91 Å². The van der Waals surface area contributed by atoms with E-state index in [4.69, 9.17) is 20.2 Å². The molecule has 4 aliphatic rings. The number of methoxy groups -OCH3 is 1. The van der Waals surface area contributed by atoms with E-state index >= 15 is 0 Å². The number of allylic oxidation sites excluding steroid dienone is 4. The Morgan fingerprint density at radius 1 is 1.11 bits per heavy atom. The van der Waals surface area contributed by atoms with Gasteiger partial charge in [0, 0.05) is 24.6 Å². The number of likely N-dealkylation sites (tertiary alicyclic amines) is 1. The van der Waals surface area contributed by atoms with Crippen molar-refractivity contribution in [1.82, 2.24) is 4.90 Å². The average molecular weight is 635 g/mol. The minimum Gasteiger partial charge on any atom is -0.497 e. The van der Waals surface area contributed by atoms with E-state index < -0.39 is 17.3 Å². The summed E-state index contributed by atoms with van der Waals surface area (Å²) in [6.07, 6.45) is 7.49. The maximum absolute atomic E-state index is 14.3. The Bertz CT molecular complexity index is 1580. The summed E-state index contributed by atoms with van der Waals surface area (Å²) in [7, 11) is 3.68. The van der Waals surface area contributed by atoms with Gasteiger partial charge in [-0.05, 0) is 74.2 Å². The van der Waals surface area contributed by atoms with Gasteiger partial charge in [-0.3, -0.25) is 9.79 Å². The van der Waals surface area contributed by atoms with Gasteiger partial charge < -0.3 is 25.0 Å². The summed E-state index contributed by atoms with van der Waals surface area (Å²) in [5.41, 5.74) is 6.59. The Hall–Kier alpha value is -4.05. The Morgan fingerprint density at radius 3 is 2.41 bits per heavy atom. The molecule has 10 heteroatoms. The van der Waals surface area contributed by atoms with Gasteiger partial charge in [-0.15, -0.1) is 0 Å². The molecule has 6 rings (SSSR count). The highest BCUT2D eigenvalue weighted by Crippen LogP contribution is 2.57. The van der Waals surface area contributed by atoms with Crippen LogP contribution in [0.15, 0.2) is 77.5 Å². The van der Waals surface area contributed by atoms with Crippen molar-refractivity contribution < 1.29 is 27.4 Å². The third kappa shape index (κ3) is 6.19. The quantitative estimate of drug-likeness (QED) is 0.337. The molecule has 2 N–H and O–H groups in total. The molecule has 2 aromatic rings. The Balaban J connectivity index is 1.50. The van der Waals surface area contributed by atoms with E-state index in [9.17, 15) is 18.0 Å². The number of nitrogens with zero attached hydrogens (tertiary/aromatic N) is 3. The molecule has 0 radical (unpaired) electrons. The molecule has 2 heterocycles. The van der Waals surface area contributed by atoms with Gasteiger partial charge in [0.1, 0.15) is 23.3 Å². The first-order chi connectivity index (χ1) is 22.0. The van der Waals surface area contributed by atoms with Crippen LogP contribution in [-0.4, -0.2) is 62.1 Å². The van der Waals surface area contributed by atoms with Crippen molar-refractivity contribution in [2.24, 2.45) is 16.6 Å². The maximum Gasteiger partial charge on any atom is 0.430 e. The predicted molar refractivity (Wildman–Crippen MR) is 173 cm³/mol. The number of carbonyl (C=O) groups is 1. The van der Waals surface area contributed by atoms with Crippen molar-refractivity contribution in [3.8, 4) is 11.5 Å². The zero-order chi connectivity index (χ0) is 32.6. The first-order valence-corrected chi connectivity index (χ1v) is 15.9. The highest BCUT2D eigenvalue weighted by molar-refractivity contribution is 6.14. The zero-order valence-corrected chi connectivity index (χ0v) is 26.5. The van der Waals surface area contributed by atoms with Crippen molar-refractivity contribution >= 4 is 17.3 Å². The highest BCUT2D eigenvalue weighted by atomic mass is 19.4. The van der Waals surface area contributed by atoms with Crippen molar-refractivity contribution in [3.63, 3.8) is 0 Å². The van der Waals surface area contributed by atoms with Crippen LogP contribution in [0.1, 0.15) is 55.7 Å². The fourth-order valence-corrected chi connectivity index (χ4v) is 6.78. The first-order valence-electron chi connectivity index (χ1n) is 15.9. The number of benzene rings is 2. The highest BCUT2D eigenvalue weighted by Gasteiger charge is 2.55. The lowest BCUT2D eigenvalue weighted by Crippen LogP contribution is -2.44. The Morgan fingerprint density at radius 2 is 1.80 bits per heavy atom. The molecule has 0 aromatic heterocycles. The normalized spacial score (nSPS) is 23.5. The molecule has 2 aromatic carbocycles. The number of fused-ring (bicyclic) bond motifs is 2. The molecule has 2 aliphatic carbocycles. The SMILES string of the molecule is COc1ccc(CN2C(=O)C3(CCC3)c3cc(C(C=C(N)C(F)(F)F)=NC4C=CC=CC4C)cc(OC4CCN(C)CC4)c32)cc1. The minimum atomic E-state index is -4.72. The summed E-state index contributed by atoms with van der Waals surface area (Å²) in [4.78, 5) is 23.2. The van der Waals surface area contributed by atoms with Crippen LogP contribution < -0.4 is 20.1 Å². The number of piperidine rings is 1. The lowest BCUT2D eigenvalue weighted by Gasteiger charge is -2.37. The second kappa shape index (κ2) is 12.6. The smallest absolute Gasteiger partial charge is 0.430 e. The number of hydrogen-bond acceptors (Lipinski definition) is 6. The molecular weight excluding hydrogens is 593 g/mol. The van der Waals surface area contributed by atoms with Gasteiger partial charge in [0.05, 0.1) is 36.5 Å². The van der Waals surface area contributed by atoms with Crippen molar-refractivity contribution in [2.45, 2.75) is 69.3 Å².